The first-order valence-corrected chi connectivity index (χ1v) is 10.4. The molecular weight excluding hydrogens is 446 g/mol. The Morgan fingerprint density at radius 2 is 1.52 bits per heavy atom. The van der Waals surface area contributed by atoms with Gasteiger partial charge in [-0.05, 0) is 61.9 Å². The van der Waals surface area contributed by atoms with E-state index in [0.717, 1.165) is 0 Å². The predicted molar refractivity (Wildman–Crippen MR) is 109 cm³/mol. The molecule has 1 saturated carbocycles. The third kappa shape index (κ3) is 5.32. The van der Waals surface area contributed by atoms with Crippen molar-refractivity contribution in [3.8, 4) is 6.07 Å². The van der Waals surface area contributed by atoms with E-state index in [-0.39, 0.29) is 17.5 Å². The smallest absolute Gasteiger partial charge is 0.349 e. The minimum absolute atomic E-state index is 0.0622. The van der Waals surface area contributed by atoms with Crippen LogP contribution in [0.4, 0.5) is 26.3 Å². The summed E-state index contributed by atoms with van der Waals surface area (Å²) in [5.41, 5.74) is -3.47. The molecule has 3 nitrogen and oxygen atoms in total. The maximum absolute atomic E-state index is 13.4. The zero-order valence-corrected chi connectivity index (χ0v) is 17.7. The van der Waals surface area contributed by atoms with Crippen LogP contribution < -0.4 is 5.32 Å². The Hall–Kier alpha value is -3.02. The normalized spacial score (nSPS) is 22.3. The summed E-state index contributed by atoms with van der Waals surface area (Å²) >= 11 is 0. The van der Waals surface area contributed by atoms with Crippen molar-refractivity contribution >= 4 is 5.91 Å². The monoisotopic (exact) mass is 468 g/mol. The molecule has 0 radical (unpaired) electrons. The van der Waals surface area contributed by atoms with Gasteiger partial charge in [0.15, 0.2) is 0 Å². The highest BCUT2D eigenvalue weighted by atomic mass is 19.4. The molecule has 0 heterocycles. The van der Waals surface area contributed by atoms with Crippen LogP contribution >= 0.6 is 0 Å². The number of benzene rings is 2. The molecule has 2 aromatic carbocycles. The molecule has 0 spiro atoms. The molecule has 2 aromatic rings. The summed E-state index contributed by atoms with van der Waals surface area (Å²) in [5, 5.41) is 11.9. The summed E-state index contributed by atoms with van der Waals surface area (Å²) in [5.74, 6) is -0.687. The van der Waals surface area contributed by atoms with Gasteiger partial charge in [0.1, 0.15) is 0 Å². The molecule has 176 valence electrons. The van der Waals surface area contributed by atoms with Crippen LogP contribution in [0.25, 0.3) is 0 Å². The van der Waals surface area contributed by atoms with Crippen LogP contribution in [0.2, 0.25) is 0 Å². The standard InChI is InChI=1S/C24H22F6N2O/c1-15(17-11-19(23(25,26)27)13-20(12-17)24(28,29)30)32-21(33)22(18-5-3-2-4-6-18)9-7-16(14-31)8-10-22/h2-6,11-13,15-16H,7-10H2,1H3,(H,32,33). The molecule has 1 aliphatic rings. The second kappa shape index (κ2) is 9.08. The predicted octanol–water partition coefficient (Wildman–Crippen LogP) is 6.55. The van der Waals surface area contributed by atoms with Crippen LogP contribution in [-0.4, -0.2) is 5.91 Å². The van der Waals surface area contributed by atoms with E-state index < -0.39 is 40.8 Å². The zero-order chi connectivity index (χ0) is 24.4. The third-order valence-corrected chi connectivity index (χ3v) is 6.24. The molecule has 1 N–H and O–H groups in total. The fourth-order valence-electron chi connectivity index (χ4n) is 4.29. The van der Waals surface area contributed by atoms with Crippen LogP contribution in [-0.2, 0) is 22.6 Å². The lowest BCUT2D eigenvalue weighted by atomic mass is 9.66. The van der Waals surface area contributed by atoms with Crippen molar-refractivity contribution in [2.24, 2.45) is 5.92 Å². The number of carbonyl (C=O) groups excluding carboxylic acids is 1. The van der Waals surface area contributed by atoms with Crippen LogP contribution in [0, 0.1) is 17.2 Å². The molecule has 1 amide bonds. The maximum Gasteiger partial charge on any atom is 0.416 e. The van der Waals surface area contributed by atoms with E-state index in [2.05, 4.69) is 11.4 Å². The maximum atomic E-state index is 13.4. The van der Waals surface area contributed by atoms with Gasteiger partial charge in [-0.2, -0.15) is 31.6 Å². The quantitative estimate of drug-likeness (QED) is 0.517. The van der Waals surface area contributed by atoms with Gasteiger partial charge in [-0.1, -0.05) is 30.3 Å². The lowest BCUT2D eigenvalue weighted by Gasteiger charge is -2.38. The third-order valence-electron chi connectivity index (χ3n) is 6.24. The van der Waals surface area contributed by atoms with Gasteiger partial charge in [-0.25, -0.2) is 0 Å². The molecule has 9 heteroatoms. The summed E-state index contributed by atoms with van der Waals surface area (Å²) in [4.78, 5) is 13.4. The number of nitrogens with one attached hydrogen (secondary N) is 1. The SMILES string of the molecule is CC(NC(=O)C1(c2ccccc2)CCC(C#N)CC1)c1cc(C(F)(F)F)cc(C(F)(F)F)c1. The van der Waals surface area contributed by atoms with Crippen molar-refractivity contribution in [2.75, 3.05) is 0 Å². The highest BCUT2D eigenvalue weighted by molar-refractivity contribution is 5.88. The van der Waals surface area contributed by atoms with Gasteiger partial charge in [0.05, 0.1) is 28.7 Å². The topological polar surface area (TPSA) is 52.9 Å². The average Bonchev–Trinajstić information content (AvgIpc) is 2.78. The molecular formula is C24H22F6N2O. The Balaban J connectivity index is 1.95. The van der Waals surface area contributed by atoms with Gasteiger partial charge in [0, 0.05) is 5.92 Å². The number of halogens is 6. The van der Waals surface area contributed by atoms with E-state index in [1.54, 1.807) is 30.3 Å². The summed E-state index contributed by atoms with van der Waals surface area (Å²) in [6, 6.07) is 11.2. The average molecular weight is 468 g/mol. The van der Waals surface area contributed by atoms with E-state index in [1.807, 2.05) is 0 Å². The molecule has 33 heavy (non-hydrogen) atoms. The number of rotatable bonds is 4. The van der Waals surface area contributed by atoms with Crippen LogP contribution in [0.3, 0.4) is 0 Å². The fourth-order valence-corrected chi connectivity index (χ4v) is 4.29. The van der Waals surface area contributed by atoms with Gasteiger partial charge in [-0.15, -0.1) is 0 Å². The highest BCUT2D eigenvalue weighted by Gasteiger charge is 2.44. The van der Waals surface area contributed by atoms with Crippen molar-refractivity contribution in [1.29, 1.82) is 5.26 Å². The molecule has 0 aromatic heterocycles. The van der Waals surface area contributed by atoms with Crippen LogP contribution in [0.1, 0.15) is 60.9 Å². The number of carbonyl (C=O) groups is 1. The molecule has 0 bridgehead atoms. The zero-order valence-electron chi connectivity index (χ0n) is 17.7. The Morgan fingerprint density at radius 3 is 1.97 bits per heavy atom. The molecule has 3 rings (SSSR count). The van der Waals surface area contributed by atoms with E-state index in [1.165, 1.54) is 6.92 Å². The molecule has 1 aliphatic carbocycles. The minimum Gasteiger partial charge on any atom is -0.349 e. The number of nitrogens with zero attached hydrogens (tertiary/aromatic N) is 1. The second-order valence-corrected chi connectivity index (χ2v) is 8.39. The lowest BCUT2D eigenvalue weighted by molar-refractivity contribution is -0.143. The van der Waals surface area contributed by atoms with Crippen molar-refractivity contribution in [3.05, 3.63) is 70.8 Å². The molecule has 1 unspecified atom stereocenters. The Kier molecular flexibility index (Phi) is 6.78. The van der Waals surface area contributed by atoms with Crippen molar-refractivity contribution in [2.45, 2.75) is 56.4 Å². The van der Waals surface area contributed by atoms with Gasteiger partial charge < -0.3 is 5.32 Å². The summed E-state index contributed by atoms with van der Waals surface area (Å²) < 4.78 is 79.3. The number of amides is 1. The van der Waals surface area contributed by atoms with Crippen LogP contribution in [0.15, 0.2) is 48.5 Å². The Labute approximate surface area is 187 Å². The van der Waals surface area contributed by atoms with Gasteiger partial charge >= 0.3 is 12.4 Å². The first-order valence-electron chi connectivity index (χ1n) is 10.4. The van der Waals surface area contributed by atoms with Crippen molar-refractivity contribution < 1.29 is 31.1 Å². The van der Waals surface area contributed by atoms with E-state index >= 15 is 0 Å². The highest BCUT2D eigenvalue weighted by Crippen LogP contribution is 2.43. The van der Waals surface area contributed by atoms with Crippen molar-refractivity contribution in [3.63, 3.8) is 0 Å². The second-order valence-electron chi connectivity index (χ2n) is 8.39. The first-order chi connectivity index (χ1) is 15.4. The van der Waals surface area contributed by atoms with E-state index in [9.17, 15) is 36.4 Å². The number of hydrogen-bond donors (Lipinski definition) is 1. The minimum atomic E-state index is -4.97. The van der Waals surface area contributed by atoms with Gasteiger partial charge in [0.25, 0.3) is 0 Å². The summed E-state index contributed by atoms with van der Waals surface area (Å²) in [7, 11) is 0. The number of alkyl halides is 6. The van der Waals surface area contributed by atoms with E-state index in [0.29, 0.717) is 43.4 Å². The summed E-state index contributed by atoms with van der Waals surface area (Å²) in [6.45, 7) is 1.35. The van der Waals surface area contributed by atoms with Gasteiger partial charge in [-0.3, -0.25) is 4.79 Å². The van der Waals surface area contributed by atoms with Gasteiger partial charge in [0.2, 0.25) is 5.91 Å². The Morgan fingerprint density at radius 1 is 1.00 bits per heavy atom. The molecule has 0 saturated heterocycles. The molecule has 0 aliphatic heterocycles. The number of nitriles is 1. The first kappa shape index (κ1) is 24.6. The molecule has 1 fully saturated rings. The Bertz CT molecular complexity index is 999. The fraction of sp³-hybridized carbons (Fsp3) is 0.417. The van der Waals surface area contributed by atoms with Crippen molar-refractivity contribution in [1.82, 2.24) is 5.32 Å². The molecule has 1 atom stereocenters. The van der Waals surface area contributed by atoms with Crippen LogP contribution in [0.5, 0.6) is 0 Å². The largest absolute Gasteiger partial charge is 0.416 e. The summed E-state index contributed by atoms with van der Waals surface area (Å²) in [6.07, 6.45) is -8.31. The lowest BCUT2D eigenvalue weighted by Crippen LogP contribution is -2.47. The van der Waals surface area contributed by atoms with E-state index in [4.69, 9.17) is 0 Å². The number of hydrogen-bond acceptors (Lipinski definition) is 2.